The van der Waals surface area contributed by atoms with E-state index in [1.54, 1.807) is 0 Å². The Hall–Kier alpha value is -0.120. The van der Waals surface area contributed by atoms with Gasteiger partial charge in [0, 0.05) is 25.2 Å². The van der Waals surface area contributed by atoms with E-state index in [1.165, 1.54) is 19.5 Å². The number of piperidine rings is 1. The summed E-state index contributed by atoms with van der Waals surface area (Å²) in [5.41, 5.74) is 3.19. The Balaban J connectivity index is 1.93. The fourth-order valence-corrected chi connectivity index (χ4v) is 1.98. The van der Waals surface area contributed by atoms with Crippen molar-refractivity contribution in [2.45, 2.75) is 18.5 Å². The zero-order valence-corrected chi connectivity index (χ0v) is 6.67. The lowest BCUT2D eigenvalue weighted by Crippen LogP contribution is -2.68. The number of fused-ring (bicyclic) bond motifs is 2. The quantitative estimate of drug-likeness (QED) is 0.531. The van der Waals surface area contributed by atoms with E-state index in [0.717, 1.165) is 12.1 Å². The van der Waals surface area contributed by atoms with E-state index in [1.807, 2.05) is 7.05 Å². The molecule has 3 aliphatic rings. The molecule has 2 unspecified atom stereocenters. The SMILES string of the molecule is CNN1CC2CC(C1)N2C. The molecule has 0 aromatic heterocycles. The van der Waals surface area contributed by atoms with Gasteiger partial charge < -0.3 is 0 Å². The summed E-state index contributed by atoms with van der Waals surface area (Å²) in [6, 6.07) is 1.65. The number of likely N-dealkylation sites (N-methyl/N-ethyl adjacent to an activating group) is 1. The minimum Gasteiger partial charge on any atom is -0.298 e. The molecule has 0 spiro atoms. The number of piperazine rings is 1. The van der Waals surface area contributed by atoms with Crippen molar-refractivity contribution in [2.24, 2.45) is 0 Å². The third-order valence-corrected chi connectivity index (χ3v) is 2.87. The smallest absolute Gasteiger partial charge is 0.0288 e. The van der Waals surface area contributed by atoms with Crippen LogP contribution in [0.3, 0.4) is 0 Å². The molecule has 3 heterocycles. The van der Waals surface area contributed by atoms with Gasteiger partial charge in [-0.15, -0.1) is 0 Å². The fraction of sp³-hybridized carbons (Fsp3) is 1.00. The number of hydrazine groups is 1. The molecule has 3 fully saturated rings. The molecular weight excluding hydrogens is 126 g/mol. The number of rotatable bonds is 1. The Bertz CT molecular complexity index is 125. The van der Waals surface area contributed by atoms with Crippen LogP contribution >= 0.6 is 0 Å². The van der Waals surface area contributed by atoms with Crippen LogP contribution in [-0.2, 0) is 0 Å². The van der Waals surface area contributed by atoms with Crippen LogP contribution in [0.25, 0.3) is 0 Å². The van der Waals surface area contributed by atoms with Crippen LogP contribution in [0.5, 0.6) is 0 Å². The summed E-state index contributed by atoms with van der Waals surface area (Å²) in [5, 5.41) is 2.30. The normalized spacial score (nSPS) is 41.4. The lowest BCUT2D eigenvalue weighted by atomic mass is 9.89. The van der Waals surface area contributed by atoms with Gasteiger partial charge in [-0.1, -0.05) is 0 Å². The molecule has 0 aliphatic carbocycles. The second kappa shape index (κ2) is 2.19. The van der Waals surface area contributed by atoms with E-state index in [4.69, 9.17) is 0 Å². The van der Waals surface area contributed by atoms with E-state index < -0.39 is 0 Å². The summed E-state index contributed by atoms with van der Waals surface area (Å²) in [4.78, 5) is 2.48. The Morgan fingerprint density at radius 3 is 2.30 bits per heavy atom. The van der Waals surface area contributed by atoms with Crippen LogP contribution in [0, 0.1) is 0 Å². The molecule has 3 saturated heterocycles. The molecule has 58 valence electrons. The highest BCUT2D eigenvalue weighted by Crippen LogP contribution is 2.28. The van der Waals surface area contributed by atoms with Crippen molar-refractivity contribution in [3.8, 4) is 0 Å². The van der Waals surface area contributed by atoms with Gasteiger partial charge in [-0.25, -0.2) is 5.01 Å². The maximum Gasteiger partial charge on any atom is 0.0288 e. The van der Waals surface area contributed by atoms with Crippen LogP contribution in [0.1, 0.15) is 6.42 Å². The van der Waals surface area contributed by atoms with Crippen LogP contribution in [0.4, 0.5) is 0 Å². The first-order chi connectivity index (χ1) is 4.81. The largest absolute Gasteiger partial charge is 0.298 e. The number of hydrogen-bond acceptors (Lipinski definition) is 3. The minimum atomic E-state index is 0.825. The van der Waals surface area contributed by atoms with Gasteiger partial charge in [0.25, 0.3) is 0 Å². The predicted molar refractivity (Wildman–Crippen MR) is 40.6 cm³/mol. The first-order valence-corrected chi connectivity index (χ1v) is 3.95. The highest BCUT2D eigenvalue weighted by molar-refractivity contribution is 4.97. The molecular formula is C7H15N3. The maximum absolute atomic E-state index is 3.19. The molecule has 3 aliphatic heterocycles. The van der Waals surface area contributed by atoms with Crippen LogP contribution in [0.2, 0.25) is 0 Å². The Kier molecular flexibility index (Phi) is 1.44. The van der Waals surface area contributed by atoms with Gasteiger partial charge in [0.1, 0.15) is 0 Å². The fourth-order valence-electron chi connectivity index (χ4n) is 1.98. The maximum atomic E-state index is 3.19. The minimum absolute atomic E-state index is 0.825. The van der Waals surface area contributed by atoms with Crippen LogP contribution in [0.15, 0.2) is 0 Å². The molecule has 2 bridgehead atoms. The highest BCUT2D eigenvalue weighted by atomic mass is 15.5. The Labute approximate surface area is 62.0 Å². The molecule has 3 nitrogen and oxygen atoms in total. The van der Waals surface area contributed by atoms with E-state index >= 15 is 0 Å². The molecule has 10 heavy (non-hydrogen) atoms. The van der Waals surface area contributed by atoms with E-state index in [-0.39, 0.29) is 0 Å². The average Bonchev–Trinajstić information content (AvgIpc) is 2.04. The predicted octanol–water partition coefficient (Wildman–Crippen LogP) is -0.491. The standard InChI is InChI=1S/C7H15N3/c1-8-10-4-6-3-7(5-10)9(6)2/h6-8H,3-5H2,1-2H3. The second-order valence-corrected chi connectivity index (χ2v) is 3.34. The van der Waals surface area contributed by atoms with Crippen molar-refractivity contribution in [3.05, 3.63) is 0 Å². The van der Waals surface area contributed by atoms with Crippen LogP contribution < -0.4 is 5.43 Å². The van der Waals surface area contributed by atoms with Gasteiger partial charge in [0.2, 0.25) is 0 Å². The van der Waals surface area contributed by atoms with Crippen molar-refractivity contribution in [2.75, 3.05) is 27.2 Å². The highest BCUT2D eigenvalue weighted by Gasteiger charge is 2.41. The molecule has 0 saturated carbocycles. The molecule has 3 heteroatoms. The number of hydrogen-bond donors (Lipinski definition) is 1. The lowest BCUT2D eigenvalue weighted by Gasteiger charge is -2.54. The van der Waals surface area contributed by atoms with Gasteiger partial charge in [0.05, 0.1) is 0 Å². The molecule has 3 rings (SSSR count). The van der Waals surface area contributed by atoms with E-state index in [9.17, 15) is 0 Å². The third-order valence-electron chi connectivity index (χ3n) is 2.87. The first-order valence-electron chi connectivity index (χ1n) is 3.95. The zero-order valence-electron chi connectivity index (χ0n) is 6.67. The van der Waals surface area contributed by atoms with Crippen molar-refractivity contribution < 1.29 is 0 Å². The van der Waals surface area contributed by atoms with Crippen molar-refractivity contribution in [1.29, 1.82) is 0 Å². The topological polar surface area (TPSA) is 18.5 Å². The van der Waals surface area contributed by atoms with Gasteiger partial charge in [0.15, 0.2) is 0 Å². The van der Waals surface area contributed by atoms with Gasteiger partial charge >= 0.3 is 0 Å². The van der Waals surface area contributed by atoms with Crippen LogP contribution in [-0.4, -0.2) is 49.2 Å². The molecule has 2 atom stereocenters. The third kappa shape index (κ3) is 0.779. The molecule has 0 amide bonds. The van der Waals surface area contributed by atoms with Crippen molar-refractivity contribution >= 4 is 0 Å². The summed E-state index contributed by atoms with van der Waals surface area (Å²) in [6.45, 7) is 2.40. The summed E-state index contributed by atoms with van der Waals surface area (Å²) < 4.78 is 0. The molecule has 0 radical (unpaired) electrons. The Morgan fingerprint density at radius 1 is 1.30 bits per heavy atom. The van der Waals surface area contributed by atoms with Gasteiger partial charge in [-0.05, 0) is 20.5 Å². The Morgan fingerprint density at radius 2 is 1.90 bits per heavy atom. The van der Waals surface area contributed by atoms with E-state index in [0.29, 0.717) is 0 Å². The first kappa shape index (κ1) is 6.58. The number of nitrogens with one attached hydrogen (secondary N) is 1. The van der Waals surface area contributed by atoms with Crippen molar-refractivity contribution in [1.82, 2.24) is 15.3 Å². The monoisotopic (exact) mass is 141 g/mol. The van der Waals surface area contributed by atoms with Gasteiger partial charge in [-0.3, -0.25) is 10.3 Å². The molecule has 0 aromatic rings. The second-order valence-electron chi connectivity index (χ2n) is 3.34. The molecule has 0 aromatic carbocycles. The van der Waals surface area contributed by atoms with E-state index in [2.05, 4.69) is 22.4 Å². The van der Waals surface area contributed by atoms with Gasteiger partial charge in [-0.2, -0.15) is 0 Å². The summed E-state index contributed by atoms with van der Waals surface area (Å²) in [5.74, 6) is 0. The lowest BCUT2D eigenvalue weighted by molar-refractivity contribution is -0.0660. The summed E-state index contributed by atoms with van der Waals surface area (Å²) in [6.07, 6.45) is 1.41. The summed E-state index contributed by atoms with van der Waals surface area (Å²) >= 11 is 0. The molecule has 1 N–H and O–H groups in total. The zero-order chi connectivity index (χ0) is 7.14. The average molecular weight is 141 g/mol. The van der Waals surface area contributed by atoms with Crippen molar-refractivity contribution in [3.63, 3.8) is 0 Å². The number of nitrogens with zero attached hydrogens (tertiary/aromatic N) is 2. The summed E-state index contributed by atoms with van der Waals surface area (Å²) in [7, 11) is 4.23.